The molecule has 3 heterocycles. The molecule has 3 fully saturated rings. The summed E-state index contributed by atoms with van der Waals surface area (Å²) in [5.74, 6) is -2.07. The summed E-state index contributed by atoms with van der Waals surface area (Å²) in [6, 6.07) is 22.0. The molecule has 0 saturated carbocycles. The molecule has 7 amide bonds. The molecule has 0 radical (unpaired) electrons. The Hall–Kier alpha value is -8.05. The molecule has 0 bridgehead atoms. The number of amides is 7. The summed E-state index contributed by atoms with van der Waals surface area (Å²) >= 11 is 3.36. The lowest BCUT2D eigenvalue weighted by atomic mass is 10.1. The molecule has 0 aliphatic carbocycles. The minimum Gasteiger partial charge on any atom is -0.466 e. The van der Waals surface area contributed by atoms with Crippen LogP contribution in [0.2, 0.25) is 0 Å². The molecule has 0 aromatic heterocycles. The van der Waals surface area contributed by atoms with Crippen LogP contribution < -0.4 is 20.6 Å². The Kier molecular flexibility index (Phi) is 25.4. The van der Waals surface area contributed by atoms with Gasteiger partial charge >= 0.3 is 30.2 Å². The Morgan fingerprint density at radius 3 is 1.27 bits per heavy atom. The van der Waals surface area contributed by atoms with Crippen molar-refractivity contribution < 1.29 is 72.0 Å². The van der Waals surface area contributed by atoms with Crippen LogP contribution in [0.15, 0.2) is 95.5 Å². The Morgan fingerprint density at radius 2 is 0.899 bits per heavy atom. The third-order valence-electron chi connectivity index (χ3n) is 10.5. The average molecular weight is 1160 g/mol. The van der Waals surface area contributed by atoms with E-state index in [1.54, 1.807) is 115 Å². The topological polar surface area (TPSA) is 260 Å². The van der Waals surface area contributed by atoms with E-state index >= 15 is 0 Å². The molecule has 0 unspecified atom stereocenters. The van der Waals surface area contributed by atoms with Crippen molar-refractivity contribution in [3.8, 4) is 0 Å². The summed E-state index contributed by atoms with van der Waals surface area (Å²) in [6.07, 6.45) is 7.25. The van der Waals surface area contributed by atoms with E-state index in [2.05, 4.69) is 30.7 Å². The van der Waals surface area contributed by atoms with Gasteiger partial charge in [-0.3, -0.25) is 39.1 Å². The van der Waals surface area contributed by atoms with Gasteiger partial charge in [-0.05, 0) is 115 Å². The second kappa shape index (κ2) is 30.8. The van der Waals surface area contributed by atoms with E-state index in [1.807, 2.05) is 42.5 Å². The number of para-hydroxylation sites is 2. The number of carbonyl (C=O) groups is 9. The molecule has 3 aliphatic heterocycles. The third kappa shape index (κ3) is 23.6. The van der Waals surface area contributed by atoms with Crippen LogP contribution in [0.3, 0.4) is 0 Å². The highest BCUT2D eigenvalue weighted by Gasteiger charge is 2.33. The van der Waals surface area contributed by atoms with Crippen molar-refractivity contribution in [1.29, 1.82) is 0 Å². The fraction of sp³-hybridized carbons (Fsp3) is 0.411. The molecule has 79 heavy (non-hydrogen) atoms. The lowest BCUT2D eigenvalue weighted by Gasteiger charge is -2.35. The van der Waals surface area contributed by atoms with E-state index < -0.39 is 47.0 Å². The predicted molar refractivity (Wildman–Crippen MR) is 299 cm³/mol. The summed E-state index contributed by atoms with van der Waals surface area (Å²) in [6.45, 7) is 18.4. The Morgan fingerprint density at radius 1 is 0.532 bits per heavy atom. The predicted octanol–water partition coefficient (Wildman–Crippen LogP) is 7.23. The van der Waals surface area contributed by atoms with Gasteiger partial charge in [-0.25, -0.2) is 29.5 Å². The standard InChI is InChI=1S/C19H24N2O5.C18H23N3O5.C10H9BrO2.C9H16N2O3/c1-19(2,3)26-18(24)20-11-12-21(16(22)13-20)15-8-6-5-7-14(15)9-10-17(23)25-4;1-18(2,3)26-17(24)20-10-11-21(16(23)12-20)14-7-5-4-6-13(14)8-9-15(22)19-25;1-13-10(12)7-6-8-4-2-3-5-9(8)11;1-9(2,3)14-8(13)11-5-4-10-7(12)6-11/h5-10H,11-13H2,1-4H3;4-9,25H,10-12H2,1-3H3,(H,19,22);2-7H,1H3;4-6H2,1-3H3,(H,10,12)/b10-9+;9-8+;7-6+;. The molecule has 3 saturated heterocycles. The van der Waals surface area contributed by atoms with Gasteiger partial charge in [0.2, 0.25) is 17.7 Å². The molecule has 3 N–H and O–H groups in total. The molecule has 0 atom stereocenters. The minimum atomic E-state index is -0.666. The molecule has 3 aromatic carbocycles. The van der Waals surface area contributed by atoms with Gasteiger partial charge in [0.15, 0.2) is 0 Å². The van der Waals surface area contributed by atoms with E-state index in [4.69, 9.17) is 19.4 Å². The number of anilines is 2. The maximum Gasteiger partial charge on any atom is 0.410 e. The number of halogens is 1. The number of carbonyl (C=O) groups excluding carboxylic acids is 9. The van der Waals surface area contributed by atoms with Gasteiger partial charge < -0.3 is 38.8 Å². The molecule has 0 spiro atoms. The normalized spacial score (nSPS) is 14.9. The quantitative estimate of drug-likeness (QED) is 0.0661. The van der Waals surface area contributed by atoms with Gasteiger partial charge in [0, 0.05) is 62.0 Å². The van der Waals surface area contributed by atoms with Crippen molar-refractivity contribution >= 4 is 99.4 Å². The molecule has 6 rings (SSSR count). The highest BCUT2D eigenvalue weighted by Crippen LogP contribution is 2.26. The number of ether oxygens (including phenoxy) is 5. The van der Waals surface area contributed by atoms with Crippen LogP contribution >= 0.6 is 15.9 Å². The van der Waals surface area contributed by atoms with Crippen LogP contribution in [0, 0.1) is 0 Å². The van der Waals surface area contributed by atoms with Gasteiger partial charge in [0.25, 0.3) is 5.91 Å². The van der Waals surface area contributed by atoms with E-state index in [1.165, 1.54) is 58.7 Å². The third-order valence-corrected chi connectivity index (χ3v) is 11.2. The van der Waals surface area contributed by atoms with E-state index in [0.717, 1.165) is 15.6 Å². The fourth-order valence-electron chi connectivity index (χ4n) is 6.95. The highest BCUT2D eigenvalue weighted by atomic mass is 79.9. The number of rotatable bonds is 8. The molecular formula is C56H72BrN7O15. The zero-order chi connectivity index (χ0) is 59.1. The number of esters is 2. The van der Waals surface area contributed by atoms with E-state index in [-0.39, 0.29) is 43.3 Å². The first-order chi connectivity index (χ1) is 37.0. The smallest absolute Gasteiger partial charge is 0.410 e. The SMILES string of the molecule is CC(C)(C)OC(=O)N1CCN(c2ccccc2/C=C/C(=O)NO)C(=O)C1.CC(C)(C)OC(=O)N1CCNC(=O)C1.COC(=O)/C=C/c1ccccc1Br.COC(=O)/C=C/c1ccccc1N1CCN(C(=O)OC(C)(C)C)CC1=O. The number of nitrogens with one attached hydrogen (secondary N) is 2. The first kappa shape index (κ1) is 65.2. The van der Waals surface area contributed by atoms with Gasteiger partial charge in [-0.1, -0.05) is 70.5 Å². The van der Waals surface area contributed by atoms with Crippen LogP contribution in [0.4, 0.5) is 25.8 Å². The Bertz CT molecular complexity index is 2600. The molecule has 3 aromatic rings. The van der Waals surface area contributed by atoms with Crippen LogP contribution in [0.1, 0.15) is 79.0 Å². The monoisotopic (exact) mass is 1160 g/mol. The molecule has 428 valence electrons. The molecule has 22 nitrogen and oxygen atoms in total. The minimum absolute atomic E-state index is 0.0516. The number of methoxy groups -OCH3 is 2. The van der Waals surface area contributed by atoms with Gasteiger partial charge in [0.05, 0.1) is 25.6 Å². The maximum absolute atomic E-state index is 12.6. The Balaban J connectivity index is 0.000000290. The average Bonchev–Trinajstić information content (AvgIpc) is 3.42. The van der Waals surface area contributed by atoms with Crippen molar-refractivity contribution in [2.75, 3.05) is 82.9 Å². The summed E-state index contributed by atoms with van der Waals surface area (Å²) in [4.78, 5) is 113. The summed E-state index contributed by atoms with van der Waals surface area (Å²) in [5.41, 5.74) is 3.40. The van der Waals surface area contributed by atoms with Crippen LogP contribution in [0.5, 0.6) is 0 Å². The van der Waals surface area contributed by atoms with Crippen LogP contribution in [-0.2, 0) is 52.5 Å². The van der Waals surface area contributed by atoms with Crippen molar-refractivity contribution in [1.82, 2.24) is 25.5 Å². The largest absolute Gasteiger partial charge is 0.466 e. The first-order valence-electron chi connectivity index (χ1n) is 24.9. The van der Waals surface area contributed by atoms with Gasteiger partial charge in [0.1, 0.15) is 36.4 Å². The van der Waals surface area contributed by atoms with Crippen LogP contribution in [-0.4, -0.2) is 164 Å². The number of hydrogen-bond donors (Lipinski definition) is 3. The lowest BCUT2D eigenvalue weighted by Crippen LogP contribution is -2.53. The number of nitrogens with zero attached hydrogens (tertiary/aromatic N) is 5. The zero-order valence-corrected chi connectivity index (χ0v) is 48.1. The summed E-state index contributed by atoms with van der Waals surface area (Å²) < 4.78 is 25.8. The number of benzene rings is 3. The van der Waals surface area contributed by atoms with Crippen molar-refractivity contribution in [3.63, 3.8) is 0 Å². The summed E-state index contributed by atoms with van der Waals surface area (Å²) in [5, 5.41) is 11.2. The van der Waals surface area contributed by atoms with Gasteiger partial charge in [-0.15, -0.1) is 0 Å². The first-order valence-corrected chi connectivity index (χ1v) is 25.7. The second-order valence-corrected chi connectivity index (χ2v) is 21.2. The zero-order valence-electron chi connectivity index (χ0n) is 46.5. The molecule has 3 aliphatic rings. The summed E-state index contributed by atoms with van der Waals surface area (Å²) in [7, 11) is 2.66. The van der Waals surface area contributed by atoms with Crippen LogP contribution in [0.25, 0.3) is 18.2 Å². The van der Waals surface area contributed by atoms with Crippen molar-refractivity contribution in [2.45, 2.75) is 79.1 Å². The van der Waals surface area contributed by atoms with E-state index in [9.17, 15) is 43.2 Å². The van der Waals surface area contributed by atoms with Crippen molar-refractivity contribution in [2.24, 2.45) is 0 Å². The highest BCUT2D eigenvalue weighted by molar-refractivity contribution is 9.10. The molecular weight excluding hydrogens is 1090 g/mol. The Labute approximate surface area is 469 Å². The molecule has 23 heteroatoms. The van der Waals surface area contributed by atoms with E-state index in [0.29, 0.717) is 56.2 Å². The van der Waals surface area contributed by atoms with Gasteiger partial charge in [-0.2, -0.15) is 0 Å². The fourth-order valence-corrected chi connectivity index (χ4v) is 7.37. The second-order valence-electron chi connectivity index (χ2n) is 20.3. The number of hydrogen-bond acceptors (Lipinski definition) is 15. The number of hydroxylamine groups is 1. The lowest BCUT2D eigenvalue weighted by molar-refractivity contribution is -0.135. The maximum atomic E-state index is 12.6. The van der Waals surface area contributed by atoms with Crippen molar-refractivity contribution in [3.05, 3.63) is 112 Å². The number of piperazine rings is 3.